The van der Waals surface area contributed by atoms with Crippen LogP contribution in [-0.4, -0.2) is 42.4 Å². The van der Waals surface area contributed by atoms with Gasteiger partial charge in [0.25, 0.3) is 0 Å². The summed E-state index contributed by atoms with van der Waals surface area (Å²) in [5.41, 5.74) is 7.74. The number of pyridine rings is 1. The maximum Gasteiger partial charge on any atom is 0.573 e. The van der Waals surface area contributed by atoms with Crippen LogP contribution in [0.1, 0.15) is 17.2 Å². The fourth-order valence-corrected chi connectivity index (χ4v) is 3.04. The quantitative estimate of drug-likeness (QED) is 0.787. The number of ether oxygens (including phenoxy) is 1. The third-order valence-corrected chi connectivity index (χ3v) is 4.11. The molecule has 0 unspecified atom stereocenters. The number of hydrogen-bond donors (Lipinski definition) is 2. The van der Waals surface area contributed by atoms with Crippen LogP contribution in [0.5, 0.6) is 5.75 Å². The van der Waals surface area contributed by atoms with Gasteiger partial charge in [0.05, 0.1) is 6.04 Å². The molecule has 1 aromatic carbocycles. The van der Waals surface area contributed by atoms with Gasteiger partial charge in [0.2, 0.25) is 0 Å². The van der Waals surface area contributed by atoms with Crippen molar-refractivity contribution in [1.29, 1.82) is 0 Å². The number of rotatable bonds is 4. The monoisotopic (exact) mass is 424 g/mol. The third-order valence-electron chi connectivity index (χ3n) is 4.11. The summed E-state index contributed by atoms with van der Waals surface area (Å²) < 4.78 is 41.0. The van der Waals surface area contributed by atoms with Crippen molar-refractivity contribution >= 4 is 30.6 Å². The van der Waals surface area contributed by atoms with E-state index in [0.717, 1.165) is 37.3 Å². The van der Waals surface area contributed by atoms with Crippen molar-refractivity contribution in [1.82, 2.24) is 15.2 Å². The smallest absolute Gasteiger partial charge is 0.406 e. The number of halogens is 5. The minimum Gasteiger partial charge on any atom is -0.406 e. The molecule has 1 fully saturated rings. The van der Waals surface area contributed by atoms with Crippen LogP contribution in [0, 0.1) is 0 Å². The van der Waals surface area contributed by atoms with Crippen LogP contribution in [0.4, 0.5) is 19.0 Å². The largest absolute Gasteiger partial charge is 0.573 e. The Morgan fingerprint density at radius 1 is 1.07 bits per heavy atom. The SMILES string of the molecule is Cl.Cl.Nc1ncccc1[C@@H](c1ccc(OC(F)(F)F)cc1)N1CCNCC1. The van der Waals surface area contributed by atoms with Gasteiger partial charge in [-0.1, -0.05) is 18.2 Å². The molecule has 0 radical (unpaired) electrons. The normalized spacial score (nSPS) is 16.0. The molecule has 150 valence electrons. The predicted molar refractivity (Wildman–Crippen MR) is 103 cm³/mol. The number of benzene rings is 1. The Morgan fingerprint density at radius 3 is 2.26 bits per heavy atom. The molecular formula is C17H21Cl2F3N4O. The van der Waals surface area contributed by atoms with E-state index < -0.39 is 6.36 Å². The minimum atomic E-state index is -4.70. The number of alkyl halides is 3. The Morgan fingerprint density at radius 2 is 1.70 bits per heavy atom. The molecule has 2 heterocycles. The highest BCUT2D eigenvalue weighted by Crippen LogP contribution is 2.33. The van der Waals surface area contributed by atoms with Gasteiger partial charge in [0, 0.05) is 37.9 Å². The van der Waals surface area contributed by atoms with Gasteiger partial charge in [0.1, 0.15) is 11.6 Å². The van der Waals surface area contributed by atoms with E-state index in [1.54, 1.807) is 18.3 Å². The van der Waals surface area contributed by atoms with Crippen molar-refractivity contribution in [3.05, 3.63) is 53.7 Å². The van der Waals surface area contributed by atoms with E-state index in [4.69, 9.17) is 5.73 Å². The Hall–Kier alpha value is -1.74. The Labute approximate surface area is 167 Å². The molecule has 3 rings (SSSR count). The first-order valence-corrected chi connectivity index (χ1v) is 7.95. The van der Waals surface area contributed by atoms with Gasteiger partial charge in [-0.05, 0) is 23.8 Å². The zero-order valence-corrected chi connectivity index (χ0v) is 15.9. The molecule has 1 atom stereocenters. The molecule has 1 saturated heterocycles. The van der Waals surface area contributed by atoms with Crippen molar-refractivity contribution in [2.75, 3.05) is 31.9 Å². The molecule has 1 aliphatic rings. The molecule has 3 N–H and O–H groups in total. The third kappa shape index (κ3) is 6.14. The molecular weight excluding hydrogens is 404 g/mol. The number of hydrogen-bond acceptors (Lipinski definition) is 5. The molecule has 0 amide bonds. The summed E-state index contributed by atoms with van der Waals surface area (Å²) in [5.74, 6) is 0.177. The molecule has 1 aliphatic heterocycles. The molecule has 5 nitrogen and oxygen atoms in total. The molecule has 0 saturated carbocycles. The van der Waals surface area contributed by atoms with Crippen molar-refractivity contribution in [2.45, 2.75) is 12.4 Å². The van der Waals surface area contributed by atoms with Gasteiger partial charge in [-0.2, -0.15) is 0 Å². The lowest BCUT2D eigenvalue weighted by Crippen LogP contribution is -2.45. The number of nitrogens with zero attached hydrogens (tertiary/aromatic N) is 2. The van der Waals surface area contributed by atoms with Gasteiger partial charge >= 0.3 is 6.36 Å². The average Bonchev–Trinajstić information content (AvgIpc) is 2.58. The predicted octanol–water partition coefficient (Wildman–Crippen LogP) is 3.40. The van der Waals surface area contributed by atoms with Gasteiger partial charge in [0.15, 0.2) is 0 Å². The second kappa shape index (κ2) is 9.98. The van der Waals surface area contributed by atoms with Crippen LogP contribution >= 0.6 is 24.8 Å². The Kier molecular flexibility index (Phi) is 8.61. The van der Waals surface area contributed by atoms with E-state index in [1.165, 1.54) is 12.1 Å². The fraction of sp³-hybridized carbons (Fsp3) is 0.353. The lowest BCUT2D eigenvalue weighted by Gasteiger charge is -2.35. The minimum absolute atomic E-state index is 0. The summed E-state index contributed by atoms with van der Waals surface area (Å²) in [6.07, 6.45) is -3.08. The standard InChI is InChI=1S/C17H19F3N4O.2ClH/c18-17(19,20)25-13-5-3-12(4-6-13)15(24-10-8-22-9-11-24)14-2-1-7-23-16(14)21;;/h1-7,15,22H,8-11H2,(H2,21,23);2*1H/t15-;;/m1../s1. The van der Waals surface area contributed by atoms with Crippen LogP contribution < -0.4 is 15.8 Å². The van der Waals surface area contributed by atoms with Crippen LogP contribution in [0.3, 0.4) is 0 Å². The first kappa shape index (κ1) is 23.3. The first-order chi connectivity index (χ1) is 11.9. The lowest BCUT2D eigenvalue weighted by atomic mass is 9.96. The zero-order chi connectivity index (χ0) is 17.9. The Balaban J connectivity index is 0.00000182. The Bertz CT molecular complexity index is 710. The maximum atomic E-state index is 12.3. The average molecular weight is 425 g/mol. The van der Waals surface area contributed by atoms with Crippen LogP contribution in [0.25, 0.3) is 0 Å². The number of nitrogens with two attached hydrogens (primary N) is 1. The van der Waals surface area contributed by atoms with Crippen molar-refractivity contribution < 1.29 is 17.9 Å². The zero-order valence-electron chi connectivity index (χ0n) is 14.3. The summed E-state index contributed by atoms with van der Waals surface area (Å²) in [6.45, 7) is 3.29. The van der Waals surface area contributed by atoms with E-state index in [9.17, 15) is 13.2 Å². The molecule has 10 heteroatoms. The summed E-state index contributed by atoms with van der Waals surface area (Å²) in [5, 5.41) is 3.29. The number of piperazine rings is 1. The lowest BCUT2D eigenvalue weighted by molar-refractivity contribution is -0.274. The fourth-order valence-electron chi connectivity index (χ4n) is 3.04. The van der Waals surface area contributed by atoms with Gasteiger partial charge in [-0.15, -0.1) is 38.0 Å². The van der Waals surface area contributed by atoms with E-state index in [2.05, 4.69) is 19.9 Å². The highest BCUT2D eigenvalue weighted by molar-refractivity contribution is 5.85. The van der Waals surface area contributed by atoms with Crippen molar-refractivity contribution in [2.24, 2.45) is 0 Å². The molecule has 0 aliphatic carbocycles. The number of anilines is 1. The van der Waals surface area contributed by atoms with Crippen LogP contribution in [0.2, 0.25) is 0 Å². The molecule has 1 aromatic heterocycles. The summed E-state index contributed by atoms with van der Waals surface area (Å²) in [4.78, 5) is 6.39. The van der Waals surface area contributed by atoms with E-state index >= 15 is 0 Å². The highest BCUT2D eigenvalue weighted by Gasteiger charge is 2.31. The number of nitrogen functional groups attached to an aromatic ring is 1. The van der Waals surface area contributed by atoms with Gasteiger partial charge in [-0.25, -0.2) is 4.98 Å². The second-order valence-corrected chi connectivity index (χ2v) is 5.78. The van der Waals surface area contributed by atoms with E-state index in [0.29, 0.717) is 5.82 Å². The number of aromatic nitrogens is 1. The summed E-state index contributed by atoms with van der Waals surface area (Å²) in [7, 11) is 0. The van der Waals surface area contributed by atoms with Crippen molar-refractivity contribution in [3.8, 4) is 5.75 Å². The van der Waals surface area contributed by atoms with Gasteiger partial charge in [-0.3, -0.25) is 4.90 Å². The number of nitrogens with one attached hydrogen (secondary N) is 1. The van der Waals surface area contributed by atoms with Gasteiger partial charge < -0.3 is 15.8 Å². The second-order valence-electron chi connectivity index (χ2n) is 5.78. The van der Waals surface area contributed by atoms with Crippen LogP contribution in [0.15, 0.2) is 42.6 Å². The molecule has 2 aromatic rings. The van der Waals surface area contributed by atoms with Crippen molar-refractivity contribution in [3.63, 3.8) is 0 Å². The first-order valence-electron chi connectivity index (χ1n) is 7.95. The molecule has 0 spiro atoms. The molecule has 0 bridgehead atoms. The maximum absolute atomic E-state index is 12.3. The van der Waals surface area contributed by atoms with E-state index in [-0.39, 0.29) is 36.6 Å². The molecule has 27 heavy (non-hydrogen) atoms. The van der Waals surface area contributed by atoms with E-state index in [1.807, 2.05) is 12.1 Å². The topological polar surface area (TPSA) is 63.4 Å². The summed E-state index contributed by atoms with van der Waals surface area (Å²) in [6, 6.07) is 9.46. The van der Waals surface area contributed by atoms with Crippen LogP contribution in [-0.2, 0) is 0 Å². The highest BCUT2D eigenvalue weighted by atomic mass is 35.5. The summed E-state index contributed by atoms with van der Waals surface area (Å²) >= 11 is 0.